The van der Waals surface area contributed by atoms with Gasteiger partial charge in [-0.1, -0.05) is 74.3 Å². The molecule has 2 rings (SSSR count). The number of aromatic hydroxyl groups is 1. The summed E-state index contributed by atoms with van der Waals surface area (Å²) in [7, 11) is 0. The summed E-state index contributed by atoms with van der Waals surface area (Å²) < 4.78 is 0. The van der Waals surface area contributed by atoms with Gasteiger partial charge in [0, 0.05) is 29.4 Å². The highest BCUT2D eigenvalue weighted by Crippen LogP contribution is 2.40. The lowest BCUT2D eigenvalue weighted by molar-refractivity contribution is 0.445. The summed E-state index contributed by atoms with van der Waals surface area (Å²) in [5, 5.41) is 14.9. The molecule has 0 amide bonds. The van der Waals surface area contributed by atoms with Gasteiger partial charge in [-0.05, 0) is 66.3 Å². The maximum absolute atomic E-state index is 11.2. The molecule has 0 aliphatic heterocycles. The number of rotatable bonds is 9. The van der Waals surface area contributed by atoms with Crippen molar-refractivity contribution in [3.63, 3.8) is 0 Å². The standard InChI is InChI=1S/C29H46N2O/c1-10-12-14-21-15-20(3)30-24(16-21)19-23(13-11-2)31-26-18-22(28(4,5)6)17-25(27(26)32)29(7,8)9/h15-18,23,31-32H,10-14,19H2,1-9H3. The zero-order valence-electron chi connectivity index (χ0n) is 22.0. The van der Waals surface area contributed by atoms with E-state index in [4.69, 9.17) is 4.98 Å². The van der Waals surface area contributed by atoms with Crippen LogP contribution in [0.2, 0.25) is 0 Å². The first-order valence-corrected chi connectivity index (χ1v) is 12.5. The molecule has 0 radical (unpaired) electrons. The first-order chi connectivity index (χ1) is 14.8. The van der Waals surface area contributed by atoms with Crippen molar-refractivity contribution in [1.82, 2.24) is 4.98 Å². The van der Waals surface area contributed by atoms with E-state index in [-0.39, 0.29) is 16.9 Å². The number of hydrogen-bond donors (Lipinski definition) is 2. The number of hydrogen-bond acceptors (Lipinski definition) is 3. The number of anilines is 1. The molecule has 0 bridgehead atoms. The van der Waals surface area contributed by atoms with Crippen molar-refractivity contribution < 1.29 is 5.11 Å². The molecule has 0 fully saturated rings. The van der Waals surface area contributed by atoms with E-state index in [0.29, 0.717) is 5.75 Å². The van der Waals surface area contributed by atoms with Gasteiger partial charge in [0.25, 0.3) is 0 Å². The first kappa shape index (κ1) is 26.2. The van der Waals surface area contributed by atoms with Crippen molar-refractivity contribution in [2.75, 3.05) is 5.32 Å². The molecule has 1 aromatic carbocycles. The SMILES string of the molecule is CCCCc1cc(C)nc(CC(CCC)Nc2cc(C(C)(C)C)cc(C(C)(C)C)c2O)c1. The third-order valence-corrected chi connectivity index (χ3v) is 6.12. The molecular weight excluding hydrogens is 392 g/mol. The molecule has 3 heteroatoms. The lowest BCUT2D eigenvalue weighted by Crippen LogP contribution is -2.24. The first-order valence-electron chi connectivity index (χ1n) is 12.5. The van der Waals surface area contributed by atoms with Gasteiger partial charge in [0.2, 0.25) is 0 Å². The molecular formula is C29H46N2O. The average molecular weight is 439 g/mol. The van der Waals surface area contributed by atoms with Crippen molar-refractivity contribution in [3.8, 4) is 5.75 Å². The van der Waals surface area contributed by atoms with Gasteiger partial charge in [-0.25, -0.2) is 0 Å². The van der Waals surface area contributed by atoms with Crippen molar-refractivity contribution in [2.45, 2.75) is 118 Å². The van der Waals surface area contributed by atoms with Crippen LogP contribution in [0.25, 0.3) is 0 Å². The molecule has 2 aromatic rings. The number of unbranched alkanes of at least 4 members (excludes halogenated alkanes) is 1. The molecule has 0 spiro atoms. The van der Waals surface area contributed by atoms with Crippen LogP contribution in [-0.4, -0.2) is 16.1 Å². The maximum atomic E-state index is 11.2. The molecule has 1 aromatic heterocycles. The average Bonchev–Trinajstić information content (AvgIpc) is 2.65. The second-order valence-electron chi connectivity index (χ2n) is 11.5. The highest BCUT2D eigenvalue weighted by atomic mass is 16.3. The maximum Gasteiger partial charge on any atom is 0.142 e. The number of phenols is 1. The van der Waals surface area contributed by atoms with Crippen LogP contribution in [0.1, 0.15) is 109 Å². The van der Waals surface area contributed by atoms with Crippen LogP contribution in [0.4, 0.5) is 5.69 Å². The molecule has 3 nitrogen and oxygen atoms in total. The highest BCUT2D eigenvalue weighted by molar-refractivity contribution is 5.64. The molecule has 2 N–H and O–H groups in total. The monoisotopic (exact) mass is 438 g/mol. The van der Waals surface area contributed by atoms with Crippen LogP contribution in [0.5, 0.6) is 5.75 Å². The van der Waals surface area contributed by atoms with Crippen LogP contribution >= 0.6 is 0 Å². The number of aromatic nitrogens is 1. The van der Waals surface area contributed by atoms with E-state index < -0.39 is 0 Å². The Morgan fingerprint density at radius 1 is 0.938 bits per heavy atom. The Morgan fingerprint density at radius 3 is 2.19 bits per heavy atom. The van der Waals surface area contributed by atoms with Crippen LogP contribution in [0, 0.1) is 6.92 Å². The van der Waals surface area contributed by atoms with Gasteiger partial charge in [0.05, 0.1) is 5.69 Å². The van der Waals surface area contributed by atoms with E-state index in [9.17, 15) is 5.11 Å². The zero-order valence-corrected chi connectivity index (χ0v) is 22.0. The largest absolute Gasteiger partial charge is 0.505 e. The van der Waals surface area contributed by atoms with Gasteiger partial charge in [-0.3, -0.25) is 4.98 Å². The molecule has 0 saturated carbocycles. The fourth-order valence-electron chi connectivity index (χ4n) is 4.24. The minimum atomic E-state index is -0.131. The van der Waals surface area contributed by atoms with Crippen LogP contribution in [0.3, 0.4) is 0 Å². The third kappa shape index (κ3) is 7.25. The highest BCUT2D eigenvalue weighted by Gasteiger charge is 2.26. The van der Waals surface area contributed by atoms with E-state index in [1.165, 1.54) is 24.0 Å². The lowest BCUT2D eigenvalue weighted by atomic mass is 9.79. The van der Waals surface area contributed by atoms with Crippen LogP contribution in [-0.2, 0) is 23.7 Å². The van der Waals surface area contributed by atoms with Crippen LogP contribution < -0.4 is 5.32 Å². The third-order valence-electron chi connectivity index (χ3n) is 6.12. The van der Waals surface area contributed by atoms with E-state index >= 15 is 0 Å². The molecule has 1 atom stereocenters. The number of nitrogens with zero attached hydrogens (tertiary/aromatic N) is 1. The smallest absolute Gasteiger partial charge is 0.142 e. The van der Waals surface area contributed by atoms with Gasteiger partial charge in [-0.15, -0.1) is 0 Å². The van der Waals surface area contributed by atoms with Gasteiger partial charge in [-0.2, -0.15) is 0 Å². The minimum Gasteiger partial charge on any atom is -0.505 e. The molecule has 0 aliphatic rings. The van der Waals surface area contributed by atoms with E-state index in [0.717, 1.165) is 48.3 Å². The number of phenolic OH excluding ortho intramolecular Hbond substituents is 1. The summed E-state index contributed by atoms with van der Waals surface area (Å²) in [6.07, 6.45) is 6.50. The van der Waals surface area contributed by atoms with Crippen molar-refractivity contribution in [1.29, 1.82) is 0 Å². The summed E-state index contributed by atoms with van der Waals surface area (Å²) in [4.78, 5) is 4.84. The Labute approximate surface area is 197 Å². The molecule has 1 unspecified atom stereocenters. The fourth-order valence-corrected chi connectivity index (χ4v) is 4.24. The zero-order chi connectivity index (χ0) is 24.1. The molecule has 1 heterocycles. The summed E-state index contributed by atoms with van der Waals surface area (Å²) >= 11 is 0. The summed E-state index contributed by atoms with van der Waals surface area (Å²) in [6.45, 7) is 19.7. The van der Waals surface area contributed by atoms with Gasteiger partial charge < -0.3 is 10.4 Å². The molecule has 32 heavy (non-hydrogen) atoms. The Morgan fingerprint density at radius 2 is 1.62 bits per heavy atom. The van der Waals surface area contributed by atoms with Crippen molar-refractivity contribution >= 4 is 5.69 Å². The Kier molecular flexibility index (Phi) is 8.79. The van der Waals surface area contributed by atoms with Crippen molar-refractivity contribution in [3.05, 3.63) is 52.3 Å². The number of aryl methyl sites for hydroxylation is 2. The predicted octanol–water partition coefficient (Wildman–Crippen LogP) is 7.86. The van der Waals surface area contributed by atoms with Gasteiger partial charge in [0.15, 0.2) is 0 Å². The summed E-state index contributed by atoms with van der Waals surface area (Å²) in [5.74, 6) is 0.382. The topological polar surface area (TPSA) is 45.2 Å². The number of pyridine rings is 1. The lowest BCUT2D eigenvalue weighted by Gasteiger charge is -2.29. The Bertz CT molecular complexity index is 887. The van der Waals surface area contributed by atoms with E-state index in [1.807, 2.05) is 0 Å². The predicted molar refractivity (Wildman–Crippen MR) is 139 cm³/mol. The normalized spacial score (nSPS) is 13.3. The minimum absolute atomic E-state index is 0.0106. The van der Waals surface area contributed by atoms with Gasteiger partial charge in [0.1, 0.15) is 5.75 Å². The second-order valence-corrected chi connectivity index (χ2v) is 11.5. The quantitative estimate of drug-likeness (QED) is 0.392. The Balaban J connectivity index is 2.40. The number of nitrogens with one attached hydrogen (secondary N) is 1. The van der Waals surface area contributed by atoms with Crippen LogP contribution in [0.15, 0.2) is 24.3 Å². The van der Waals surface area contributed by atoms with Crippen molar-refractivity contribution in [2.24, 2.45) is 0 Å². The number of benzene rings is 1. The summed E-state index contributed by atoms with van der Waals surface area (Å²) in [6, 6.07) is 9.04. The van der Waals surface area contributed by atoms with E-state index in [2.05, 4.69) is 91.9 Å². The van der Waals surface area contributed by atoms with E-state index in [1.54, 1.807) is 0 Å². The molecule has 178 valence electrons. The fraction of sp³-hybridized carbons (Fsp3) is 0.621. The van der Waals surface area contributed by atoms with Gasteiger partial charge >= 0.3 is 0 Å². The molecule has 0 saturated heterocycles. The second kappa shape index (κ2) is 10.7. The summed E-state index contributed by atoms with van der Waals surface area (Å²) in [5.41, 5.74) is 6.59. The molecule has 0 aliphatic carbocycles. The Hall–Kier alpha value is -2.03.